The summed E-state index contributed by atoms with van der Waals surface area (Å²) in [5.74, 6) is 0. The highest BCUT2D eigenvalue weighted by molar-refractivity contribution is 9.10. The van der Waals surface area contributed by atoms with Crippen molar-refractivity contribution in [1.82, 2.24) is 0 Å². The summed E-state index contributed by atoms with van der Waals surface area (Å²) in [5, 5.41) is 2.83. The van der Waals surface area contributed by atoms with Crippen molar-refractivity contribution >= 4 is 38.9 Å². The molecule has 0 fully saturated rings. The third kappa shape index (κ3) is 1.96. The van der Waals surface area contributed by atoms with Gasteiger partial charge in [-0.25, -0.2) is 0 Å². The van der Waals surface area contributed by atoms with E-state index in [0.29, 0.717) is 0 Å². The third-order valence-corrected chi connectivity index (χ3v) is 3.64. The molecule has 0 saturated heterocycles. The molecular formula is C10H6BrClS. The van der Waals surface area contributed by atoms with Crippen molar-refractivity contribution in [3.63, 3.8) is 0 Å². The van der Waals surface area contributed by atoms with Crippen LogP contribution in [0.4, 0.5) is 0 Å². The molecule has 0 atom stereocenters. The first kappa shape index (κ1) is 9.25. The molecule has 0 aliphatic carbocycles. The minimum Gasteiger partial charge on any atom is -0.142 e. The van der Waals surface area contributed by atoms with Crippen molar-refractivity contribution in [1.29, 1.82) is 0 Å². The number of benzene rings is 1. The molecule has 0 spiro atoms. The first-order valence-corrected chi connectivity index (χ1v) is 5.81. The summed E-state index contributed by atoms with van der Waals surface area (Å²) in [6.45, 7) is 0. The molecule has 2 aromatic rings. The van der Waals surface area contributed by atoms with Crippen LogP contribution >= 0.6 is 38.9 Å². The van der Waals surface area contributed by atoms with Crippen molar-refractivity contribution in [3.8, 4) is 10.4 Å². The molecule has 0 N–H and O–H groups in total. The highest BCUT2D eigenvalue weighted by Crippen LogP contribution is 2.33. The molecule has 66 valence electrons. The van der Waals surface area contributed by atoms with Gasteiger partial charge in [0, 0.05) is 4.47 Å². The van der Waals surface area contributed by atoms with E-state index in [2.05, 4.69) is 28.1 Å². The van der Waals surface area contributed by atoms with Crippen LogP contribution < -0.4 is 0 Å². The van der Waals surface area contributed by atoms with Crippen LogP contribution in [0.2, 0.25) is 5.02 Å². The molecule has 2 rings (SSSR count). The predicted molar refractivity (Wildman–Crippen MR) is 62.5 cm³/mol. The van der Waals surface area contributed by atoms with Gasteiger partial charge in [-0.2, -0.15) is 0 Å². The standard InChI is InChI=1S/C10H6BrClS/c11-8-3-1-7(2-4-8)10-9(12)5-6-13-10/h1-6H. The van der Waals surface area contributed by atoms with Gasteiger partial charge < -0.3 is 0 Å². The molecule has 0 amide bonds. The summed E-state index contributed by atoms with van der Waals surface area (Å²) in [4.78, 5) is 1.13. The molecule has 13 heavy (non-hydrogen) atoms. The number of rotatable bonds is 1. The average molecular weight is 274 g/mol. The zero-order chi connectivity index (χ0) is 9.26. The Kier molecular flexibility index (Phi) is 2.72. The van der Waals surface area contributed by atoms with Crippen molar-refractivity contribution in [2.45, 2.75) is 0 Å². The Morgan fingerprint density at radius 3 is 2.31 bits per heavy atom. The fraction of sp³-hybridized carbons (Fsp3) is 0. The first-order chi connectivity index (χ1) is 6.27. The lowest BCUT2D eigenvalue weighted by Gasteiger charge is -1.98. The van der Waals surface area contributed by atoms with E-state index in [1.54, 1.807) is 11.3 Å². The van der Waals surface area contributed by atoms with Crippen molar-refractivity contribution in [3.05, 3.63) is 45.2 Å². The fourth-order valence-corrected chi connectivity index (χ4v) is 2.54. The zero-order valence-electron chi connectivity index (χ0n) is 6.63. The van der Waals surface area contributed by atoms with E-state index in [-0.39, 0.29) is 0 Å². The normalized spacial score (nSPS) is 10.3. The molecule has 0 bridgehead atoms. The van der Waals surface area contributed by atoms with E-state index < -0.39 is 0 Å². The molecule has 1 aromatic heterocycles. The van der Waals surface area contributed by atoms with Gasteiger partial charge in [0.2, 0.25) is 0 Å². The van der Waals surface area contributed by atoms with E-state index >= 15 is 0 Å². The van der Waals surface area contributed by atoms with Gasteiger partial charge in [-0.3, -0.25) is 0 Å². The van der Waals surface area contributed by atoms with Crippen LogP contribution in [0.5, 0.6) is 0 Å². The van der Waals surface area contributed by atoms with Crippen LogP contribution in [0.25, 0.3) is 10.4 Å². The highest BCUT2D eigenvalue weighted by atomic mass is 79.9. The van der Waals surface area contributed by atoms with Gasteiger partial charge in [-0.05, 0) is 29.1 Å². The van der Waals surface area contributed by atoms with Crippen LogP contribution in [0.15, 0.2) is 40.2 Å². The van der Waals surface area contributed by atoms with Gasteiger partial charge in [-0.15, -0.1) is 11.3 Å². The summed E-state index contributed by atoms with van der Waals surface area (Å²) < 4.78 is 1.09. The Hall–Kier alpha value is -0.310. The van der Waals surface area contributed by atoms with Crippen molar-refractivity contribution in [2.24, 2.45) is 0 Å². The predicted octanol–water partition coefficient (Wildman–Crippen LogP) is 4.83. The monoisotopic (exact) mass is 272 g/mol. The Bertz CT molecular complexity index is 405. The molecule has 0 aliphatic rings. The van der Waals surface area contributed by atoms with Gasteiger partial charge in [0.25, 0.3) is 0 Å². The Balaban J connectivity index is 2.47. The minimum atomic E-state index is 0.826. The molecule has 3 heteroatoms. The highest BCUT2D eigenvalue weighted by Gasteiger charge is 2.03. The molecule has 0 aliphatic heterocycles. The summed E-state index contributed by atoms with van der Waals surface area (Å²) in [5.41, 5.74) is 1.17. The Morgan fingerprint density at radius 2 is 1.77 bits per heavy atom. The summed E-state index contributed by atoms with van der Waals surface area (Å²) in [6.07, 6.45) is 0. The second-order valence-corrected chi connectivity index (χ2v) is 4.84. The van der Waals surface area contributed by atoms with Crippen molar-refractivity contribution < 1.29 is 0 Å². The third-order valence-electron chi connectivity index (χ3n) is 1.72. The maximum Gasteiger partial charge on any atom is 0.0592 e. The van der Waals surface area contributed by atoms with Crippen LogP contribution in [-0.2, 0) is 0 Å². The van der Waals surface area contributed by atoms with Crippen LogP contribution in [0, 0.1) is 0 Å². The van der Waals surface area contributed by atoms with Crippen LogP contribution in [0.3, 0.4) is 0 Å². The number of halogens is 2. The van der Waals surface area contributed by atoms with E-state index in [1.165, 1.54) is 5.56 Å². The van der Waals surface area contributed by atoms with Gasteiger partial charge in [-0.1, -0.05) is 39.7 Å². The topological polar surface area (TPSA) is 0 Å². The summed E-state index contributed by atoms with van der Waals surface area (Å²) in [7, 11) is 0. The maximum absolute atomic E-state index is 6.01. The van der Waals surface area contributed by atoms with Gasteiger partial charge in [0.1, 0.15) is 0 Å². The lowest BCUT2D eigenvalue weighted by atomic mass is 10.2. The second kappa shape index (κ2) is 3.82. The fourth-order valence-electron chi connectivity index (χ4n) is 1.10. The van der Waals surface area contributed by atoms with E-state index in [9.17, 15) is 0 Å². The average Bonchev–Trinajstić information content (AvgIpc) is 2.53. The van der Waals surface area contributed by atoms with Gasteiger partial charge in [0.05, 0.1) is 9.90 Å². The molecule has 0 radical (unpaired) electrons. The first-order valence-electron chi connectivity index (χ1n) is 3.76. The maximum atomic E-state index is 6.01. The quantitative estimate of drug-likeness (QED) is 0.698. The van der Waals surface area contributed by atoms with Crippen molar-refractivity contribution in [2.75, 3.05) is 0 Å². The second-order valence-electron chi connectivity index (χ2n) is 2.60. The van der Waals surface area contributed by atoms with Crippen LogP contribution in [0.1, 0.15) is 0 Å². The molecule has 0 unspecified atom stereocenters. The summed E-state index contributed by atoms with van der Waals surface area (Å²) >= 11 is 11.1. The number of hydrogen-bond acceptors (Lipinski definition) is 1. The van der Waals surface area contributed by atoms with Crippen LogP contribution in [-0.4, -0.2) is 0 Å². The Morgan fingerprint density at radius 1 is 1.08 bits per heavy atom. The lowest BCUT2D eigenvalue weighted by molar-refractivity contribution is 1.65. The smallest absolute Gasteiger partial charge is 0.0592 e. The molecule has 0 saturated carbocycles. The van der Waals surface area contributed by atoms with Gasteiger partial charge in [0.15, 0.2) is 0 Å². The van der Waals surface area contributed by atoms with E-state index in [4.69, 9.17) is 11.6 Å². The minimum absolute atomic E-state index is 0.826. The largest absolute Gasteiger partial charge is 0.142 e. The SMILES string of the molecule is Clc1ccsc1-c1ccc(Br)cc1. The number of hydrogen-bond donors (Lipinski definition) is 0. The number of thiophene rings is 1. The Labute approximate surface area is 94.3 Å². The van der Waals surface area contributed by atoms with Gasteiger partial charge >= 0.3 is 0 Å². The molecular weight excluding hydrogens is 268 g/mol. The van der Waals surface area contributed by atoms with E-state index in [1.807, 2.05) is 23.6 Å². The molecule has 1 heterocycles. The molecule has 0 nitrogen and oxygen atoms in total. The molecule has 1 aromatic carbocycles. The lowest BCUT2D eigenvalue weighted by Crippen LogP contribution is -1.71. The van der Waals surface area contributed by atoms with E-state index in [0.717, 1.165) is 14.4 Å². The zero-order valence-corrected chi connectivity index (χ0v) is 9.79. The summed E-state index contributed by atoms with van der Waals surface area (Å²) in [6, 6.07) is 10.1.